The molecule has 1 fully saturated rings. The molecule has 0 atom stereocenters. The van der Waals surface area contributed by atoms with Crippen molar-refractivity contribution in [1.82, 2.24) is 5.06 Å². The Balaban J connectivity index is 2.13. The highest BCUT2D eigenvalue weighted by molar-refractivity contribution is 7.93. The Morgan fingerprint density at radius 3 is 2.50 bits per heavy atom. The predicted octanol–water partition coefficient (Wildman–Crippen LogP) is 1.93. The van der Waals surface area contributed by atoms with Gasteiger partial charge in [0.25, 0.3) is 0 Å². The van der Waals surface area contributed by atoms with Gasteiger partial charge in [-0.3, -0.25) is 0 Å². The second-order valence-electron chi connectivity index (χ2n) is 2.85. The van der Waals surface area contributed by atoms with Crippen molar-refractivity contribution in [3.05, 3.63) is 0 Å². The Bertz CT molecular complexity index is 91.6. The molecule has 1 aliphatic rings. The van der Waals surface area contributed by atoms with E-state index in [0.29, 0.717) is 0 Å². The molecule has 0 amide bonds. The van der Waals surface area contributed by atoms with Crippen LogP contribution in [0.5, 0.6) is 0 Å². The molecule has 0 aromatic carbocycles. The minimum absolute atomic E-state index is 0.890. The summed E-state index contributed by atoms with van der Waals surface area (Å²) in [5.74, 6) is 0.890. The van der Waals surface area contributed by atoms with E-state index in [0.717, 1.165) is 19.0 Å². The minimum atomic E-state index is 0.890. The van der Waals surface area contributed by atoms with Gasteiger partial charge >= 0.3 is 0 Å². The molecule has 0 saturated carbocycles. The van der Waals surface area contributed by atoms with Crippen LogP contribution in [0.1, 0.15) is 19.8 Å². The van der Waals surface area contributed by atoms with E-state index >= 15 is 0 Å². The summed E-state index contributed by atoms with van der Waals surface area (Å²) in [6.45, 7) is 4.50. The summed E-state index contributed by atoms with van der Waals surface area (Å²) in [4.78, 5) is 0. The van der Waals surface area contributed by atoms with E-state index in [1.54, 1.807) is 0 Å². The molecule has 0 aromatic rings. The van der Waals surface area contributed by atoms with Gasteiger partial charge in [-0.05, 0) is 18.8 Å². The number of rotatable bonds is 2. The van der Waals surface area contributed by atoms with Crippen molar-refractivity contribution in [3.63, 3.8) is 0 Å². The first-order valence-electron chi connectivity index (χ1n) is 3.78. The van der Waals surface area contributed by atoms with E-state index in [9.17, 15) is 0 Å². The van der Waals surface area contributed by atoms with Crippen molar-refractivity contribution in [2.75, 3.05) is 19.3 Å². The normalized spacial score (nSPS) is 23.4. The fraction of sp³-hybridized carbons (Fsp3) is 1.00. The average molecular weight is 161 g/mol. The molecule has 1 heterocycles. The van der Waals surface area contributed by atoms with E-state index in [1.165, 1.54) is 24.9 Å². The maximum absolute atomic E-state index is 5.28. The van der Waals surface area contributed by atoms with Crippen LogP contribution in [-0.4, -0.2) is 24.4 Å². The summed E-state index contributed by atoms with van der Waals surface area (Å²) in [7, 11) is 0. The molecular formula is C7H15NOS. The molecule has 0 N–H and O–H groups in total. The van der Waals surface area contributed by atoms with Crippen LogP contribution in [0.25, 0.3) is 0 Å². The molecule has 1 saturated heterocycles. The molecule has 0 aliphatic carbocycles. The van der Waals surface area contributed by atoms with Crippen molar-refractivity contribution < 1.29 is 4.28 Å². The van der Waals surface area contributed by atoms with Gasteiger partial charge in [-0.2, -0.15) is 5.06 Å². The zero-order valence-electron chi connectivity index (χ0n) is 6.67. The van der Waals surface area contributed by atoms with Gasteiger partial charge in [0.2, 0.25) is 0 Å². The fourth-order valence-electron chi connectivity index (χ4n) is 1.16. The smallest absolute Gasteiger partial charge is 0.0255 e. The highest BCUT2D eigenvalue weighted by Gasteiger charge is 2.15. The maximum atomic E-state index is 5.28. The number of nitrogens with zero attached hydrogens (tertiary/aromatic N) is 1. The number of hydrogen-bond donors (Lipinski definition) is 0. The molecule has 0 aromatic heterocycles. The Kier molecular flexibility index (Phi) is 3.52. The highest BCUT2D eigenvalue weighted by Crippen LogP contribution is 2.17. The minimum Gasteiger partial charge on any atom is -0.229 e. The second-order valence-corrected chi connectivity index (χ2v) is 3.34. The molecule has 0 radical (unpaired) electrons. The van der Waals surface area contributed by atoms with E-state index in [-0.39, 0.29) is 0 Å². The SMILES string of the molecule is CSON1CCC(C)CC1. The molecule has 3 heteroatoms. The van der Waals surface area contributed by atoms with Crippen LogP contribution in [0.15, 0.2) is 0 Å². The van der Waals surface area contributed by atoms with Crippen molar-refractivity contribution in [2.45, 2.75) is 19.8 Å². The van der Waals surface area contributed by atoms with Crippen molar-refractivity contribution in [3.8, 4) is 0 Å². The third kappa shape index (κ3) is 2.48. The van der Waals surface area contributed by atoms with E-state index < -0.39 is 0 Å². The van der Waals surface area contributed by atoms with Gasteiger partial charge < -0.3 is 0 Å². The molecule has 60 valence electrons. The number of piperidine rings is 1. The summed E-state index contributed by atoms with van der Waals surface area (Å²) in [5, 5.41) is 2.05. The lowest BCUT2D eigenvalue weighted by atomic mass is 10.0. The summed E-state index contributed by atoms with van der Waals surface area (Å²) in [6, 6.07) is 0. The summed E-state index contributed by atoms with van der Waals surface area (Å²) < 4.78 is 5.28. The Morgan fingerprint density at radius 2 is 2.00 bits per heavy atom. The first kappa shape index (κ1) is 8.37. The molecule has 0 bridgehead atoms. The van der Waals surface area contributed by atoms with Crippen LogP contribution >= 0.6 is 12.0 Å². The fourth-order valence-corrected chi connectivity index (χ4v) is 1.52. The molecular weight excluding hydrogens is 146 g/mol. The predicted molar refractivity (Wildman–Crippen MR) is 44.6 cm³/mol. The second kappa shape index (κ2) is 4.21. The first-order valence-corrected chi connectivity index (χ1v) is 4.93. The van der Waals surface area contributed by atoms with Crippen LogP contribution in [-0.2, 0) is 4.28 Å². The van der Waals surface area contributed by atoms with Crippen molar-refractivity contribution in [1.29, 1.82) is 0 Å². The van der Waals surface area contributed by atoms with E-state index in [2.05, 4.69) is 6.92 Å². The lowest BCUT2D eigenvalue weighted by Crippen LogP contribution is -2.31. The molecule has 2 nitrogen and oxygen atoms in total. The highest BCUT2D eigenvalue weighted by atomic mass is 32.2. The zero-order valence-corrected chi connectivity index (χ0v) is 7.49. The van der Waals surface area contributed by atoms with Crippen LogP contribution < -0.4 is 0 Å². The third-order valence-corrected chi connectivity index (χ3v) is 2.28. The largest absolute Gasteiger partial charge is 0.229 e. The van der Waals surface area contributed by atoms with E-state index in [1.807, 2.05) is 11.3 Å². The average Bonchev–Trinajstić information content (AvgIpc) is 1.95. The van der Waals surface area contributed by atoms with Crippen LogP contribution in [0.4, 0.5) is 0 Å². The van der Waals surface area contributed by atoms with Gasteiger partial charge in [0.1, 0.15) is 0 Å². The molecule has 0 spiro atoms. The Morgan fingerprint density at radius 1 is 1.40 bits per heavy atom. The van der Waals surface area contributed by atoms with Crippen LogP contribution in [0.2, 0.25) is 0 Å². The zero-order chi connectivity index (χ0) is 7.40. The summed E-state index contributed by atoms with van der Waals surface area (Å²) in [5.41, 5.74) is 0. The van der Waals surface area contributed by atoms with Crippen LogP contribution in [0, 0.1) is 5.92 Å². The summed E-state index contributed by atoms with van der Waals surface area (Å²) in [6.07, 6.45) is 4.51. The van der Waals surface area contributed by atoms with Gasteiger partial charge in [0.15, 0.2) is 0 Å². The molecule has 0 unspecified atom stereocenters. The lowest BCUT2D eigenvalue weighted by molar-refractivity contribution is -0.0611. The Hall–Kier alpha value is 0.270. The molecule has 1 aliphatic heterocycles. The quantitative estimate of drug-likeness (QED) is 0.574. The third-order valence-electron chi connectivity index (χ3n) is 1.92. The van der Waals surface area contributed by atoms with Gasteiger partial charge in [-0.1, -0.05) is 6.92 Å². The first-order chi connectivity index (χ1) is 4.83. The molecule has 1 rings (SSSR count). The van der Waals surface area contributed by atoms with Crippen molar-refractivity contribution in [2.24, 2.45) is 5.92 Å². The van der Waals surface area contributed by atoms with Crippen LogP contribution in [0.3, 0.4) is 0 Å². The molecule has 10 heavy (non-hydrogen) atoms. The number of hydrogen-bond acceptors (Lipinski definition) is 3. The lowest BCUT2D eigenvalue weighted by Gasteiger charge is -2.27. The summed E-state index contributed by atoms with van der Waals surface area (Å²) >= 11 is 1.44. The van der Waals surface area contributed by atoms with Gasteiger partial charge in [0, 0.05) is 31.4 Å². The maximum Gasteiger partial charge on any atom is 0.0255 e. The topological polar surface area (TPSA) is 12.5 Å². The standard InChI is InChI=1S/C7H15NOS/c1-7-3-5-8(6-4-7)9-10-2/h7H,3-6H2,1-2H3. The van der Waals surface area contributed by atoms with Crippen molar-refractivity contribution >= 4 is 12.0 Å². The van der Waals surface area contributed by atoms with Gasteiger partial charge in [0.05, 0.1) is 0 Å². The van der Waals surface area contributed by atoms with Gasteiger partial charge in [-0.25, -0.2) is 4.28 Å². The monoisotopic (exact) mass is 161 g/mol. The Labute approximate surface area is 67.1 Å². The van der Waals surface area contributed by atoms with E-state index in [4.69, 9.17) is 4.28 Å². The number of hydroxylamine groups is 2. The van der Waals surface area contributed by atoms with Gasteiger partial charge in [-0.15, -0.1) is 0 Å².